The van der Waals surface area contributed by atoms with Gasteiger partial charge in [-0.1, -0.05) is 24.3 Å². The van der Waals surface area contributed by atoms with Crippen LogP contribution in [-0.4, -0.2) is 31.9 Å². The van der Waals surface area contributed by atoms with Gasteiger partial charge in [0.25, 0.3) is 0 Å². The number of carbonyl (C=O) groups is 3. The minimum Gasteiger partial charge on any atom is -0.465 e. The molecule has 0 saturated heterocycles. The van der Waals surface area contributed by atoms with Crippen molar-refractivity contribution in [2.75, 3.05) is 19.1 Å². The highest BCUT2D eigenvalue weighted by molar-refractivity contribution is 6.07. The van der Waals surface area contributed by atoms with E-state index in [-0.39, 0.29) is 22.9 Å². The van der Waals surface area contributed by atoms with Crippen LogP contribution in [0.15, 0.2) is 90.3 Å². The van der Waals surface area contributed by atoms with Crippen molar-refractivity contribution in [2.24, 2.45) is 0 Å². The number of benzene rings is 2. The van der Waals surface area contributed by atoms with Gasteiger partial charge in [0.2, 0.25) is 0 Å². The van der Waals surface area contributed by atoms with Gasteiger partial charge in [0.1, 0.15) is 11.5 Å². The van der Waals surface area contributed by atoms with Crippen LogP contribution < -0.4 is 4.90 Å². The van der Waals surface area contributed by atoms with Crippen molar-refractivity contribution < 1.29 is 28.2 Å². The van der Waals surface area contributed by atoms with Crippen molar-refractivity contribution in [3.05, 3.63) is 107 Å². The number of ketones is 1. The molecular formula is C25H20FNO5. The average Bonchev–Trinajstić information content (AvgIpc) is 3.05. The molecule has 0 atom stereocenters. The molecule has 1 heterocycles. The lowest BCUT2D eigenvalue weighted by Crippen LogP contribution is -2.26. The van der Waals surface area contributed by atoms with Gasteiger partial charge >= 0.3 is 11.9 Å². The maximum Gasteiger partial charge on any atom is 0.355 e. The number of rotatable bonds is 6. The van der Waals surface area contributed by atoms with Crippen molar-refractivity contribution in [3.63, 3.8) is 0 Å². The number of methoxy groups -OCH3 is 2. The van der Waals surface area contributed by atoms with E-state index in [1.807, 2.05) is 0 Å². The average molecular weight is 433 g/mol. The number of ether oxygens (including phenoxy) is 2. The van der Waals surface area contributed by atoms with Crippen LogP contribution >= 0.6 is 0 Å². The minimum absolute atomic E-state index is 0.0142. The molecule has 1 aliphatic rings. The molecule has 1 aliphatic heterocycles. The third-order valence-corrected chi connectivity index (χ3v) is 4.62. The zero-order chi connectivity index (χ0) is 23.1. The number of hydrogen-bond donors (Lipinski definition) is 0. The second kappa shape index (κ2) is 10.2. The highest BCUT2D eigenvalue weighted by Crippen LogP contribution is 2.26. The topological polar surface area (TPSA) is 72.9 Å². The second-order valence-electron chi connectivity index (χ2n) is 6.61. The van der Waals surface area contributed by atoms with Crippen LogP contribution in [0.5, 0.6) is 0 Å². The number of allylic oxidation sites excluding steroid dienone is 3. The number of hydrogen-bond acceptors (Lipinski definition) is 6. The number of nitrogens with zero attached hydrogens (tertiary/aromatic N) is 1. The fraction of sp³-hybridized carbons (Fsp3) is 0.0800. The Morgan fingerprint density at radius 2 is 1.53 bits per heavy atom. The quantitative estimate of drug-likeness (QED) is 0.386. The fourth-order valence-electron chi connectivity index (χ4n) is 2.99. The molecular weight excluding hydrogens is 413 g/mol. The first-order chi connectivity index (χ1) is 15.4. The Hall–Kier alpha value is -4.26. The first-order valence-corrected chi connectivity index (χ1v) is 9.57. The highest BCUT2D eigenvalue weighted by atomic mass is 19.1. The van der Waals surface area contributed by atoms with E-state index in [9.17, 15) is 18.8 Å². The van der Waals surface area contributed by atoms with E-state index >= 15 is 0 Å². The van der Waals surface area contributed by atoms with E-state index in [1.165, 1.54) is 43.4 Å². The summed E-state index contributed by atoms with van der Waals surface area (Å²) in [6, 6.07) is 12.3. The van der Waals surface area contributed by atoms with Crippen LogP contribution in [0.3, 0.4) is 0 Å². The van der Waals surface area contributed by atoms with Gasteiger partial charge in [-0.25, -0.2) is 14.0 Å². The Morgan fingerprint density at radius 1 is 0.875 bits per heavy atom. The van der Waals surface area contributed by atoms with Crippen LogP contribution in [0.25, 0.3) is 6.08 Å². The van der Waals surface area contributed by atoms with Crippen LogP contribution in [0.4, 0.5) is 10.1 Å². The SMILES string of the molecule is COC(=O)C1=C(C(=O)OC)N(c2ccc(C(=O)C=Cc3ccc(F)cc3)cc2)C=CC=C1. The minimum atomic E-state index is -0.719. The van der Waals surface area contributed by atoms with Crippen molar-refractivity contribution >= 4 is 29.5 Å². The smallest absolute Gasteiger partial charge is 0.355 e. The third-order valence-electron chi connectivity index (χ3n) is 4.62. The van der Waals surface area contributed by atoms with Crippen molar-refractivity contribution in [1.82, 2.24) is 0 Å². The number of esters is 2. The molecule has 6 nitrogen and oxygen atoms in total. The van der Waals surface area contributed by atoms with Gasteiger partial charge in [0.15, 0.2) is 5.78 Å². The molecule has 7 heteroatoms. The van der Waals surface area contributed by atoms with Gasteiger partial charge in [-0.3, -0.25) is 4.79 Å². The first-order valence-electron chi connectivity index (χ1n) is 9.57. The van der Waals surface area contributed by atoms with E-state index < -0.39 is 11.9 Å². The lowest BCUT2D eigenvalue weighted by molar-refractivity contribution is -0.139. The summed E-state index contributed by atoms with van der Waals surface area (Å²) in [5, 5.41) is 0. The summed E-state index contributed by atoms with van der Waals surface area (Å²) >= 11 is 0. The van der Waals surface area contributed by atoms with Gasteiger partial charge in [0.05, 0.1) is 19.8 Å². The molecule has 2 aromatic rings. The molecule has 0 N–H and O–H groups in total. The van der Waals surface area contributed by atoms with E-state index in [2.05, 4.69) is 0 Å². The molecule has 0 fully saturated rings. The van der Waals surface area contributed by atoms with Crippen LogP contribution in [-0.2, 0) is 19.1 Å². The van der Waals surface area contributed by atoms with E-state index in [4.69, 9.17) is 9.47 Å². The Bertz CT molecular complexity index is 1140. The van der Waals surface area contributed by atoms with Crippen LogP contribution in [0.2, 0.25) is 0 Å². The van der Waals surface area contributed by atoms with Gasteiger partial charge < -0.3 is 14.4 Å². The predicted octanol–water partition coefficient (Wildman–Crippen LogP) is 4.21. The predicted molar refractivity (Wildman–Crippen MR) is 118 cm³/mol. The normalized spacial score (nSPS) is 13.3. The maximum atomic E-state index is 13.0. The number of carbonyl (C=O) groups excluding carboxylic acids is 3. The van der Waals surface area contributed by atoms with Gasteiger partial charge in [0, 0.05) is 17.5 Å². The molecule has 0 amide bonds. The largest absolute Gasteiger partial charge is 0.465 e. The summed E-state index contributed by atoms with van der Waals surface area (Å²) in [4.78, 5) is 38.6. The summed E-state index contributed by atoms with van der Waals surface area (Å²) in [5.74, 6) is -2.00. The Balaban J connectivity index is 1.89. The van der Waals surface area contributed by atoms with E-state index in [1.54, 1.807) is 60.8 Å². The van der Waals surface area contributed by atoms with Crippen LogP contribution in [0.1, 0.15) is 15.9 Å². The number of anilines is 1. The molecule has 0 spiro atoms. The van der Waals surface area contributed by atoms with Crippen LogP contribution in [0, 0.1) is 5.82 Å². The summed E-state index contributed by atoms with van der Waals surface area (Å²) in [6.45, 7) is 0. The molecule has 32 heavy (non-hydrogen) atoms. The molecule has 162 valence electrons. The Labute approximate surface area is 184 Å². The monoisotopic (exact) mass is 433 g/mol. The molecule has 0 bridgehead atoms. The third kappa shape index (κ3) is 5.07. The van der Waals surface area contributed by atoms with Gasteiger partial charge in [-0.2, -0.15) is 0 Å². The standard InChI is InChI=1S/C25H20FNO5/c1-31-24(29)21-5-3-4-16-27(23(21)25(30)32-2)20-13-9-18(10-14-20)22(28)15-8-17-6-11-19(26)12-7-17/h3-16H,1-2H3. The lowest BCUT2D eigenvalue weighted by atomic mass is 10.1. The fourth-order valence-corrected chi connectivity index (χ4v) is 2.99. The van der Waals surface area contributed by atoms with Gasteiger partial charge in [-0.05, 0) is 60.2 Å². The second-order valence-corrected chi connectivity index (χ2v) is 6.61. The Kier molecular flexibility index (Phi) is 7.13. The summed E-state index contributed by atoms with van der Waals surface area (Å²) in [7, 11) is 2.44. The molecule has 3 rings (SSSR count). The highest BCUT2D eigenvalue weighted by Gasteiger charge is 2.27. The summed E-state index contributed by atoms with van der Waals surface area (Å²) in [5.41, 5.74) is 1.67. The van der Waals surface area contributed by atoms with E-state index in [0.717, 1.165) is 0 Å². The van der Waals surface area contributed by atoms with Crippen molar-refractivity contribution in [3.8, 4) is 0 Å². The van der Waals surface area contributed by atoms with Crippen molar-refractivity contribution in [2.45, 2.75) is 0 Å². The molecule has 0 saturated carbocycles. The lowest BCUT2D eigenvalue weighted by Gasteiger charge is -2.23. The zero-order valence-electron chi connectivity index (χ0n) is 17.4. The summed E-state index contributed by atoms with van der Waals surface area (Å²) < 4.78 is 22.7. The zero-order valence-corrected chi connectivity index (χ0v) is 17.4. The Morgan fingerprint density at radius 3 is 2.16 bits per heavy atom. The maximum absolute atomic E-state index is 13.0. The number of halogens is 1. The molecule has 0 unspecified atom stereocenters. The van der Waals surface area contributed by atoms with Gasteiger partial charge in [-0.15, -0.1) is 0 Å². The van der Waals surface area contributed by atoms with Crippen molar-refractivity contribution in [1.29, 1.82) is 0 Å². The molecule has 0 aromatic heterocycles. The molecule has 0 radical (unpaired) electrons. The first kappa shape index (κ1) is 22.4. The molecule has 2 aromatic carbocycles. The van der Waals surface area contributed by atoms with E-state index in [0.29, 0.717) is 16.8 Å². The summed E-state index contributed by atoms with van der Waals surface area (Å²) in [6.07, 6.45) is 9.32. The molecule has 0 aliphatic carbocycles.